The Morgan fingerprint density at radius 2 is 2.17 bits per heavy atom. The Morgan fingerprint density at radius 3 is 2.86 bits per heavy atom. The van der Waals surface area contributed by atoms with Gasteiger partial charge in [0.05, 0.1) is 23.8 Å². The second-order valence-electron chi connectivity index (χ2n) is 9.69. The highest BCUT2D eigenvalue weighted by molar-refractivity contribution is 6.31. The number of hydrogen-bond donors (Lipinski definition) is 2. The van der Waals surface area contributed by atoms with Gasteiger partial charge in [0.1, 0.15) is 17.6 Å². The molecule has 3 aliphatic heterocycles. The fraction of sp³-hybridized carbons (Fsp3) is 0.538. The molecule has 3 heterocycles. The number of alkyl carbamates (subject to hydrolysis) is 1. The molecule has 0 aliphatic carbocycles. The monoisotopic (exact) mass is 506 g/mol. The Morgan fingerprint density at radius 1 is 1.43 bits per heavy atom. The lowest BCUT2D eigenvalue weighted by atomic mass is 9.92. The highest BCUT2D eigenvalue weighted by atomic mass is 35.5. The number of epoxide rings is 1. The number of halogens is 1. The molecule has 2 amide bonds. The first-order valence-electron chi connectivity index (χ1n) is 11.7. The first kappa shape index (κ1) is 27.0. The summed E-state index contributed by atoms with van der Waals surface area (Å²) in [6, 6.07) is 0. The number of allylic oxidation sites excluding steroid dienone is 6. The van der Waals surface area contributed by atoms with E-state index in [4.69, 9.17) is 25.8 Å². The Hall–Kier alpha value is -2.55. The number of carbonyl (C=O) groups is 2. The van der Waals surface area contributed by atoms with Crippen molar-refractivity contribution in [2.75, 3.05) is 14.2 Å². The fourth-order valence-corrected chi connectivity index (χ4v) is 4.56. The summed E-state index contributed by atoms with van der Waals surface area (Å²) in [5, 5.41) is 13.7. The van der Waals surface area contributed by atoms with Gasteiger partial charge in [0.25, 0.3) is 0 Å². The van der Waals surface area contributed by atoms with Crippen LogP contribution in [0.3, 0.4) is 0 Å². The molecule has 0 radical (unpaired) electrons. The van der Waals surface area contributed by atoms with Crippen LogP contribution in [0.2, 0.25) is 0 Å². The number of nitrogens with zero attached hydrogens (tertiary/aromatic N) is 1. The molecule has 0 aromatic heterocycles. The number of amides is 2. The van der Waals surface area contributed by atoms with Crippen molar-refractivity contribution in [2.24, 2.45) is 0 Å². The van der Waals surface area contributed by atoms with Gasteiger partial charge >= 0.3 is 6.09 Å². The number of methoxy groups -OCH3 is 1. The molecule has 0 aromatic carbocycles. The van der Waals surface area contributed by atoms with E-state index in [9.17, 15) is 14.7 Å². The minimum Gasteiger partial charge on any atom is -0.495 e. The lowest BCUT2D eigenvalue weighted by Gasteiger charge is -2.36. The quantitative estimate of drug-likeness (QED) is 0.334. The van der Waals surface area contributed by atoms with Crippen molar-refractivity contribution < 1.29 is 28.9 Å². The molecule has 3 rings (SSSR count). The minimum atomic E-state index is -1.39. The SMILES string of the molecule is C=C(Cl)/C(=C\C1=C/N(C)C(=O)CCC2(C)OC2CC2C[C@](O)(C/C=C/C=C(\C)C1)NC(=O)O2)OC. The number of hydrogen-bond acceptors (Lipinski definition) is 6. The maximum absolute atomic E-state index is 12.9. The van der Waals surface area contributed by atoms with E-state index in [1.54, 1.807) is 24.2 Å². The third-order valence-corrected chi connectivity index (χ3v) is 6.72. The molecule has 8 nitrogen and oxygen atoms in total. The predicted octanol–water partition coefficient (Wildman–Crippen LogP) is 4.42. The third kappa shape index (κ3) is 7.46. The van der Waals surface area contributed by atoms with E-state index in [-0.39, 0.29) is 29.9 Å². The second-order valence-corrected chi connectivity index (χ2v) is 10.1. The first-order chi connectivity index (χ1) is 16.4. The summed E-state index contributed by atoms with van der Waals surface area (Å²) in [6.45, 7) is 7.64. The van der Waals surface area contributed by atoms with Gasteiger partial charge in [-0.3, -0.25) is 10.1 Å². The lowest BCUT2D eigenvalue weighted by Crippen LogP contribution is -2.56. The number of fused-ring (bicyclic) bond motifs is 3. The average Bonchev–Trinajstić information content (AvgIpc) is 3.40. The fourth-order valence-electron chi connectivity index (χ4n) is 4.43. The molecule has 2 saturated heterocycles. The lowest BCUT2D eigenvalue weighted by molar-refractivity contribution is -0.127. The van der Waals surface area contributed by atoms with Crippen LogP contribution in [0.15, 0.2) is 59.0 Å². The summed E-state index contributed by atoms with van der Waals surface area (Å²) < 4.78 is 16.6. The molecular formula is C26H35ClN2O6. The Balaban J connectivity index is 1.89. The molecule has 192 valence electrons. The van der Waals surface area contributed by atoms with Gasteiger partial charge < -0.3 is 24.2 Å². The van der Waals surface area contributed by atoms with Crippen LogP contribution in [-0.2, 0) is 19.0 Å². The van der Waals surface area contributed by atoms with Crippen molar-refractivity contribution >= 4 is 23.6 Å². The number of ether oxygens (including phenoxy) is 3. The van der Waals surface area contributed by atoms with Gasteiger partial charge in [-0.05, 0) is 38.3 Å². The van der Waals surface area contributed by atoms with Gasteiger partial charge in [0, 0.05) is 38.9 Å². The summed E-state index contributed by atoms with van der Waals surface area (Å²) in [5.41, 5.74) is -0.0466. The summed E-state index contributed by atoms with van der Waals surface area (Å²) in [6.07, 6.45) is 10.2. The Kier molecular flexibility index (Phi) is 8.51. The van der Waals surface area contributed by atoms with E-state index in [0.717, 1.165) is 11.1 Å². The number of rotatable bonds is 3. The molecule has 0 spiro atoms. The second kappa shape index (κ2) is 11.0. The number of aliphatic hydroxyl groups is 1. The Bertz CT molecular complexity index is 986. The van der Waals surface area contributed by atoms with Gasteiger partial charge in [-0.1, -0.05) is 42.0 Å². The maximum Gasteiger partial charge on any atom is 0.409 e. The van der Waals surface area contributed by atoms with Gasteiger partial charge in [-0.2, -0.15) is 0 Å². The van der Waals surface area contributed by atoms with Crippen molar-refractivity contribution in [1.82, 2.24) is 10.2 Å². The van der Waals surface area contributed by atoms with Crippen molar-refractivity contribution in [3.8, 4) is 0 Å². The summed E-state index contributed by atoms with van der Waals surface area (Å²) in [7, 11) is 3.23. The van der Waals surface area contributed by atoms with E-state index in [2.05, 4.69) is 11.9 Å². The van der Waals surface area contributed by atoms with Crippen molar-refractivity contribution in [1.29, 1.82) is 0 Å². The molecule has 2 bridgehead atoms. The molecular weight excluding hydrogens is 472 g/mol. The third-order valence-electron chi connectivity index (χ3n) is 6.53. The molecule has 3 aliphatic rings. The zero-order valence-corrected chi connectivity index (χ0v) is 21.6. The molecule has 2 fully saturated rings. The standard InChI is InChI=1S/C26H35ClN2O6/c1-17-8-6-7-10-26(32)15-20(34-24(31)28-26)14-22-25(3,35-22)11-9-23(30)29(4)16-19(12-17)13-21(33-5)18(2)27/h6-8,13,16,20,22,32H,2,9-12,14-15H2,1,3-5H3,(H,28,31)/b7-6+,17-8+,19-16-,21-13+/t20?,22?,25?,26-/m1/s1. The van der Waals surface area contributed by atoms with Gasteiger partial charge in [-0.15, -0.1) is 0 Å². The molecule has 0 saturated carbocycles. The van der Waals surface area contributed by atoms with Crippen LogP contribution in [0.5, 0.6) is 0 Å². The number of nitrogens with one attached hydrogen (secondary N) is 1. The maximum atomic E-state index is 12.9. The summed E-state index contributed by atoms with van der Waals surface area (Å²) in [5.74, 6) is 0.360. The van der Waals surface area contributed by atoms with Gasteiger partial charge in [0.15, 0.2) is 0 Å². The van der Waals surface area contributed by atoms with E-state index >= 15 is 0 Å². The molecule has 0 aromatic rings. The minimum absolute atomic E-state index is 0.0552. The van der Waals surface area contributed by atoms with Crippen LogP contribution in [0.4, 0.5) is 4.79 Å². The Labute approximate surface area is 211 Å². The van der Waals surface area contributed by atoms with E-state index in [1.807, 2.05) is 32.1 Å². The molecule has 9 heteroatoms. The van der Waals surface area contributed by atoms with Crippen LogP contribution in [0.25, 0.3) is 0 Å². The normalized spacial score (nSPS) is 36.6. The highest BCUT2D eigenvalue weighted by Crippen LogP contribution is 2.44. The predicted molar refractivity (Wildman–Crippen MR) is 133 cm³/mol. The van der Waals surface area contributed by atoms with E-state index in [1.165, 1.54) is 7.11 Å². The van der Waals surface area contributed by atoms with Crippen LogP contribution < -0.4 is 5.32 Å². The molecule has 2 N–H and O–H groups in total. The largest absolute Gasteiger partial charge is 0.495 e. The zero-order chi connectivity index (χ0) is 25.8. The highest BCUT2D eigenvalue weighted by Gasteiger charge is 2.54. The van der Waals surface area contributed by atoms with E-state index in [0.29, 0.717) is 31.4 Å². The molecule has 3 unspecified atom stereocenters. The van der Waals surface area contributed by atoms with Crippen LogP contribution in [0, 0.1) is 0 Å². The average molecular weight is 507 g/mol. The topological polar surface area (TPSA) is 101 Å². The van der Waals surface area contributed by atoms with Gasteiger partial charge in [0.2, 0.25) is 5.91 Å². The van der Waals surface area contributed by atoms with Crippen molar-refractivity contribution in [3.63, 3.8) is 0 Å². The molecule has 35 heavy (non-hydrogen) atoms. The molecule has 4 atom stereocenters. The zero-order valence-electron chi connectivity index (χ0n) is 20.8. The van der Waals surface area contributed by atoms with Crippen molar-refractivity contribution in [2.45, 2.75) is 75.9 Å². The van der Waals surface area contributed by atoms with E-state index < -0.39 is 23.5 Å². The summed E-state index contributed by atoms with van der Waals surface area (Å²) in [4.78, 5) is 26.5. The number of carbonyl (C=O) groups excluding carboxylic acids is 2. The summed E-state index contributed by atoms with van der Waals surface area (Å²) >= 11 is 6.05. The van der Waals surface area contributed by atoms with Crippen molar-refractivity contribution in [3.05, 3.63) is 59.0 Å². The van der Waals surface area contributed by atoms with Crippen LogP contribution in [-0.4, -0.2) is 59.7 Å². The van der Waals surface area contributed by atoms with Crippen LogP contribution in [0.1, 0.15) is 52.4 Å². The smallest absolute Gasteiger partial charge is 0.409 e. The van der Waals surface area contributed by atoms with Crippen LogP contribution >= 0.6 is 11.6 Å². The van der Waals surface area contributed by atoms with Gasteiger partial charge in [-0.25, -0.2) is 4.79 Å². The first-order valence-corrected chi connectivity index (χ1v) is 12.1.